The third kappa shape index (κ3) is 3.89. The van der Waals surface area contributed by atoms with Crippen LogP contribution in [0.3, 0.4) is 0 Å². The van der Waals surface area contributed by atoms with E-state index in [9.17, 15) is 18.0 Å². The van der Waals surface area contributed by atoms with Crippen LogP contribution in [0.2, 0.25) is 0 Å². The van der Waals surface area contributed by atoms with Crippen LogP contribution in [0.5, 0.6) is 0 Å². The summed E-state index contributed by atoms with van der Waals surface area (Å²) in [7, 11) is -2.14. The van der Waals surface area contributed by atoms with Crippen molar-refractivity contribution in [3.05, 3.63) is 23.8 Å². The number of amides is 2. The minimum atomic E-state index is -3.84. The van der Waals surface area contributed by atoms with Crippen LogP contribution >= 0.6 is 0 Å². The molecule has 2 fully saturated rings. The van der Waals surface area contributed by atoms with Crippen LogP contribution in [0, 0.1) is 0 Å². The Morgan fingerprint density at radius 1 is 1.06 bits per heavy atom. The van der Waals surface area contributed by atoms with Gasteiger partial charge in [-0.25, -0.2) is 8.42 Å². The number of benzene rings is 1. The monoisotopic (exact) mass is 447 g/mol. The summed E-state index contributed by atoms with van der Waals surface area (Å²) < 4.78 is 28.4. The second-order valence-electron chi connectivity index (χ2n) is 9.64. The Bertz CT molecular complexity index is 981. The number of nitrogens with one attached hydrogen (secondary N) is 1. The van der Waals surface area contributed by atoms with E-state index in [0.717, 1.165) is 31.4 Å². The van der Waals surface area contributed by atoms with Gasteiger partial charge < -0.3 is 10.2 Å². The van der Waals surface area contributed by atoms with Gasteiger partial charge in [0.1, 0.15) is 6.04 Å². The third-order valence-corrected chi connectivity index (χ3v) is 9.06. The maximum Gasteiger partial charge on any atom is 0.243 e. The molecule has 1 saturated carbocycles. The Hall–Kier alpha value is -1.93. The fourth-order valence-electron chi connectivity index (χ4n) is 5.26. The predicted octanol–water partition coefficient (Wildman–Crippen LogP) is 2.93. The van der Waals surface area contributed by atoms with E-state index in [1.165, 1.54) is 17.1 Å². The number of carbonyl (C=O) groups excluding carboxylic acids is 2. The Morgan fingerprint density at radius 2 is 1.74 bits per heavy atom. The number of carbonyl (C=O) groups is 2. The van der Waals surface area contributed by atoms with E-state index in [0.29, 0.717) is 24.9 Å². The smallest absolute Gasteiger partial charge is 0.243 e. The number of hydrogen-bond acceptors (Lipinski definition) is 4. The zero-order valence-electron chi connectivity index (χ0n) is 18.7. The fraction of sp³-hybridized carbons (Fsp3) is 0.652. The van der Waals surface area contributed by atoms with Gasteiger partial charge in [0.05, 0.1) is 10.3 Å². The molecule has 8 heteroatoms. The molecule has 31 heavy (non-hydrogen) atoms. The Balaban J connectivity index is 1.58. The molecule has 7 nitrogen and oxygen atoms in total. The topological polar surface area (TPSA) is 86.8 Å². The molecule has 0 spiro atoms. The van der Waals surface area contributed by atoms with Crippen molar-refractivity contribution in [1.29, 1.82) is 0 Å². The van der Waals surface area contributed by atoms with Gasteiger partial charge in [-0.05, 0) is 63.3 Å². The average Bonchev–Trinajstić information content (AvgIpc) is 3.19. The first-order valence-electron chi connectivity index (χ1n) is 11.4. The highest BCUT2D eigenvalue weighted by atomic mass is 32.2. The number of hydrogen-bond donors (Lipinski definition) is 1. The van der Waals surface area contributed by atoms with Crippen LogP contribution in [-0.2, 0) is 25.0 Å². The second-order valence-corrected chi connectivity index (χ2v) is 11.5. The fourth-order valence-corrected chi connectivity index (χ4v) is 6.94. The summed E-state index contributed by atoms with van der Waals surface area (Å²) in [4.78, 5) is 27.3. The van der Waals surface area contributed by atoms with E-state index in [4.69, 9.17) is 0 Å². The lowest BCUT2D eigenvalue weighted by atomic mass is 9.86. The lowest BCUT2D eigenvalue weighted by molar-refractivity contribution is -0.125. The second kappa shape index (κ2) is 8.20. The lowest BCUT2D eigenvalue weighted by Crippen LogP contribution is -2.48. The molecule has 2 amide bonds. The zero-order valence-corrected chi connectivity index (χ0v) is 19.5. The van der Waals surface area contributed by atoms with Gasteiger partial charge in [-0.2, -0.15) is 4.31 Å². The van der Waals surface area contributed by atoms with Gasteiger partial charge in [-0.3, -0.25) is 9.59 Å². The molecular weight excluding hydrogens is 414 g/mol. The van der Waals surface area contributed by atoms with E-state index in [1.54, 1.807) is 30.1 Å². The minimum absolute atomic E-state index is 0.0566. The molecule has 2 aliphatic heterocycles. The standard InChI is InChI=1S/C23H33N3O4S/c1-23(2)18-15-17(12-13-19(18)25(3)22(23)28)31(29,30)26-14-8-11-20(26)21(27)24-16-9-6-4-5-7-10-16/h12-13,15-16,20H,4-11,14H2,1-3H3,(H,24,27). The molecule has 1 saturated heterocycles. The van der Waals surface area contributed by atoms with E-state index in [1.807, 2.05) is 13.8 Å². The van der Waals surface area contributed by atoms with Gasteiger partial charge in [-0.1, -0.05) is 25.7 Å². The van der Waals surface area contributed by atoms with Crippen molar-refractivity contribution in [1.82, 2.24) is 9.62 Å². The van der Waals surface area contributed by atoms with Crippen LogP contribution in [0.15, 0.2) is 23.1 Å². The van der Waals surface area contributed by atoms with E-state index >= 15 is 0 Å². The molecule has 2 heterocycles. The minimum Gasteiger partial charge on any atom is -0.352 e. The number of fused-ring (bicyclic) bond motifs is 1. The predicted molar refractivity (Wildman–Crippen MR) is 119 cm³/mol. The number of likely N-dealkylation sites (N-methyl/N-ethyl adjacent to an activating group) is 1. The van der Waals surface area contributed by atoms with Crippen molar-refractivity contribution in [2.24, 2.45) is 0 Å². The van der Waals surface area contributed by atoms with Gasteiger partial charge in [0.25, 0.3) is 0 Å². The van der Waals surface area contributed by atoms with Crippen molar-refractivity contribution in [3.8, 4) is 0 Å². The summed E-state index contributed by atoms with van der Waals surface area (Å²) in [6.07, 6.45) is 7.74. The molecular formula is C23H33N3O4S. The number of rotatable bonds is 4. The number of nitrogens with zero attached hydrogens (tertiary/aromatic N) is 2. The number of sulfonamides is 1. The quantitative estimate of drug-likeness (QED) is 0.719. The molecule has 4 rings (SSSR count). The van der Waals surface area contributed by atoms with Crippen molar-refractivity contribution in [2.75, 3.05) is 18.5 Å². The molecule has 1 N–H and O–H groups in total. The maximum atomic E-state index is 13.5. The first-order chi connectivity index (χ1) is 14.6. The highest BCUT2D eigenvalue weighted by Gasteiger charge is 2.44. The van der Waals surface area contributed by atoms with Gasteiger partial charge in [0, 0.05) is 25.3 Å². The molecule has 0 radical (unpaired) electrons. The van der Waals surface area contributed by atoms with Gasteiger partial charge in [0.15, 0.2) is 0 Å². The van der Waals surface area contributed by atoms with Gasteiger partial charge in [0.2, 0.25) is 21.8 Å². The Kier molecular flexibility index (Phi) is 5.89. The SMILES string of the molecule is CN1C(=O)C(C)(C)c2cc(S(=O)(=O)N3CCCC3C(=O)NC3CCCCCC3)ccc21. The highest BCUT2D eigenvalue weighted by Crippen LogP contribution is 2.42. The molecule has 1 aromatic rings. The number of anilines is 1. The van der Waals surface area contributed by atoms with Crippen LogP contribution in [-0.4, -0.2) is 50.2 Å². The zero-order chi connectivity index (χ0) is 22.4. The third-order valence-electron chi connectivity index (χ3n) is 7.16. The van der Waals surface area contributed by atoms with Gasteiger partial charge in [-0.15, -0.1) is 0 Å². The van der Waals surface area contributed by atoms with Crippen LogP contribution < -0.4 is 10.2 Å². The van der Waals surface area contributed by atoms with Crippen molar-refractivity contribution in [3.63, 3.8) is 0 Å². The largest absolute Gasteiger partial charge is 0.352 e. The van der Waals surface area contributed by atoms with Crippen LogP contribution in [0.1, 0.15) is 70.8 Å². The highest BCUT2D eigenvalue weighted by molar-refractivity contribution is 7.89. The molecule has 1 aliphatic carbocycles. The van der Waals surface area contributed by atoms with Gasteiger partial charge >= 0.3 is 0 Å². The first kappa shape index (κ1) is 22.3. The van der Waals surface area contributed by atoms with E-state index < -0.39 is 21.5 Å². The van der Waals surface area contributed by atoms with Crippen molar-refractivity contribution in [2.45, 2.75) is 87.6 Å². The van der Waals surface area contributed by atoms with E-state index in [-0.39, 0.29) is 22.8 Å². The first-order valence-corrected chi connectivity index (χ1v) is 12.8. The molecule has 170 valence electrons. The summed E-state index contributed by atoms with van der Waals surface area (Å²) in [5, 5.41) is 3.12. The lowest BCUT2D eigenvalue weighted by Gasteiger charge is -2.26. The Morgan fingerprint density at radius 3 is 2.42 bits per heavy atom. The molecule has 3 aliphatic rings. The average molecular weight is 448 g/mol. The summed E-state index contributed by atoms with van der Waals surface area (Å²) in [5.74, 6) is -0.233. The normalized spacial score (nSPS) is 24.8. The summed E-state index contributed by atoms with van der Waals surface area (Å²) in [6.45, 7) is 3.96. The van der Waals surface area contributed by atoms with Crippen molar-refractivity contribution < 1.29 is 18.0 Å². The molecule has 0 bridgehead atoms. The molecule has 1 aromatic carbocycles. The van der Waals surface area contributed by atoms with E-state index in [2.05, 4.69) is 5.32 Å². The summed E-state index contributed by atoms with van der Waals surface area (Å²) in [5.41, 5.74) is 0.662. The van der Waals surface area contributed by atoms with Crippen LogP contribution in [0.4, 0.5) is 5.69 Å². The molecule has 1 atom stereocenters. The molecule has 0 aromatic heterocycles. The Labute approximate surface area is 185 Å². The van der Waals surface area contributed by atoms with Crippen molar-refractivity contribution >= 4 is 27.5 Å². The summed E-state index contributed by atoms with van der Waals surface area (Å²) in [6, 6.07) is 4.34. The maximum absolute atomic E-state index is 13.5. The van der Waals surface area contributed by atoms with Crippen LogP contribution in [0.25, 0.3) is 0 Å². The molecule has 1 unspecified atom stereocenters. The summed E-state index contributed by atoms with van der Waals surface area (Å²) >= 11 is 0.